The van der Waals surface area contributed by atoms with Gasteiger partial charge in [0.2, 0.25) is 5.91 Å². The zero-order valence-electron chi connectivity index (χ0n) is 10.1. The van der Waals surface area contributed by atoms with Gasteiger partial charge in [0, 0.05) is 20.2 Å². The Morgan fingerprint density at radius 2 is 2.31 bits per heavy atom. The number of carbonyl (C=O) groups excluding carboxylic acids is 1. The number of nitrogens with one attached hydrogen (secondary N) is 1. The van der Waals surface area contributed by atoms with Gasteiger partial charge in [-0.05, 0) is 38.6 Å². The molecule has 2 heterocycles. The van der Waals surface area contributed by atoms with Crippen LogP contribution in [0.1, 0.15) is 32.1 Å². The highest BCUT2D eigenvalue weighted by Gasteiger charge is 2.28. The zero-order valence-corrected chi connectivity index (χ0v) is 10.1. The Morgan fingerprint density at radius 3 is 2.94 bits per heavy atom. The first-order valence-corrected chi connectivity index (χ1v) is 6.37. The number of rotatable bonds is 4. The number of amides is 1. The minimum absolute atomic E-state index is 0.0496. The van der Waals surface area contributed by atoms with Crippen LogP contribution >= 0.6 is 0 Å². The summed E-state index contributed by atoms with van der Waals surface area (Å²) in [6.45, 7) is 2.70. The third-order valence-corrected chi connectivity index (χ3v) is 3.56. The van der Waals surface area contributed by atoms with Gasteiger partial charge in [-0.3, -0.25) is 4.79 Å². The van der Waals surface area contributed by atoms with Gasteiger partial charge in [-0.25, -0.2) is 0 Å². The van der Waals surface area contributed by atoms with Crippen LogP contribution in [0.2, 0.25) is 0 Å². The Hall–Kier alpha value is -0.610. The maximum atomic E-state index is 11.6. The molecular formula is C12H22N2O2. The molecule has 0 aromatic rings. The lowest BCUT2D eigenvalue weighted by Crippen LogP contribution is -2.38. The molecule has 16 heavy (non-hydrogen) atoms. The summed E-state index contributed by atoms with van der Waals surface area (Å²) in [5.41, 5.74) is 0. The zero-order chi connectivity index (χ0) is 11.4. The molecule has 2 saturated heterocycles. The summed E-state index contributed by atoms with van der Waals surface area (Å²) in [6.07, 6.45) is 6.07. The molecule has 4 heteroatoms. The summed E-state index contributed by atoms with van der Waals surface area (Å²) in [6, 6.07) is 0.0496. The maximum Gasteiger partial charge on any atom is 0.239 e. The lowest BCUT2D eigenvalue weighted by Gasteiger charge is -2.23. The van der Waals surface area contributed by atoms with Crippen molar-refractivity contribution in [2.45, 2.75) is 44.2 Å². The van der Waals surface area contributed by atoms with Gasteiger partial charge >= 0.3 is 0 Å². The molecule has 1 amide bonds. The number of hydrogen-bond donors (Lipinski definition) is 1. The lowest BCUT2D eigenvalue weighted by atomic mass is 10.1. The minimum Gasteiger partial charge on any atom is -0.378 e. The number of carbonyl (C=O) groups is 1. The maximum absolute atomic E-state index is 11.6. The van der Waals surface area contributed by atoms with Crippen LogP contribution in [-0.2, 0) is 9.53 Å². The summed E-state index contributed by atoms with van der Waals surface area (Å²) >= 11 is 0. The van der Waals surface area contributed by atoms with Crippen LogP contribution in [0, 0.1) is 0 Å². The molecule has 1 N–H and O–H groups in total. The number of hydrogen-bond acceptors (Lipinski definition) is 3. The standard InChI is InChI=1S/C12H22N2O2/c1-14-8-6-11(12(14)15)13-7-5-10-4-2-3-9-16-10/h10-11,13H,2-9H2,1H3. The molecule has 2 atom stereocenters. The number of nitrogens with zero attached hydrogens (tertiary/aromatic N) is 1. The van der Waals surface area contributed by atoms with E-state index < -0.39 is 0 Å². The van der Waals surface area contributed by atoms with Crippen molar-refractivity contribution < 1.29 is 9.53 Å². The second-order valence-electron chi connectivity index (χ2n) is 4.83. The van der Waals surface area contributed by atoms with Crippen LogP contribution in [0.25, 0.3) is 0 Å². The fourth-order valence-electron chi connectivity index (χ4n) is 2.47. The van der Waals surface area contributed by atoms with E-state index in [0.29, 0.717) is 6.10 Å². The Balaban J connectivity index is 1.62. The number of likely N-dealkylation sites (tertiary alicyclic amines) is 1. The van der Waals surface area contributed by atoms with Gasteiger partial charge in [-0.15, -0.1) is 0 Å². The Morgan fingerprint density at radius 1 is 1.44 bits per heavy atom. The average molecular weight is 226 g/mol. The second kappa shape index (κ2) is 5.64. The van der Waals surface area contributed by atoms with Crippen molar-refractivity contribution >= 4 is 5.91 Å². The normalized spacial score (nSPS) is 31.1. The smallest absolute Gasteiger partial charge is 0.239 e. The third kappa shape index (κ3) is 2.95. The largest absolute Gasteiger partial charge is 0.378 e. The molecule has 2 rings (SSSR count). The summed E-state index contributed by atoms with van der Waals surface area (Å²) in [5.74, 6) is 0.240. The van der Waals surface area contributed by atoms with Crippen molar-refractivity contribution in [1.82, 2.24) is 10.2 Å². The first-order valence-electron chi connectivity index (χ1n) is 6.37. The van der Waals surface area contributed by atoms with E-state index in [1.807, 2.05) is 7.05 Å². The third-order valence-electron chi connectivity index (χ3n) is 3.56. The van der Waals surface area contributed by atoms with E-state index in [1.165, 1.54) is 19.3 Å². The van der Waals surface area contributed by atoms with Crippen LogP contribution in [0.4, 0.5) is 0 Å². The SMILES string of the molecule is CN1CCC(NCCC2CCCCO2)C1=O. The molecule has 0 saturated carbocycles. The van der Waals surface area contributed by atoms with Crippen molar-refractivity contribution in [1.29, 1.82) is 0 Å². The molecule has 2 fully saturated rings. The number of likely N-dealkylation sites (N-methyl/N-ethyl adjacent to an activating group) is 1. The lowest BCUT2D eigenvalue weighted by molar-refractivity contribution is -0.128. The predicted molar refractivity (Wildman–Crippen MR) is 62.3 cm³/mol. The topological polar surface area (TPSA) is 41.6 Å². The van der Waals surface area contributed by atoms with E-state index in [-0.39, 0.29) is 11.9 Å². The molecule has 2 aliphatic rings. The first-order chi connectivity index (χ1) is 7.77. The first kappa shape index (κ1) is 11.9. The van der Waals surface area contributed by atoms with Gasteiger partial charge in [0.05, 0.1) is 12.1 Å². The van der Waals surface area contributed by atoms with Gasteiger partial charge in [-0.1, -0.05) is 0 Å². The quantitative estimate of drug-likeness (QED) is 0.769. The minimum atomic E-state index is 0.0496. The highest BCUT2D eigenvalue weighted by molar-refractivity contribution is 5.83. The van der Waals surface area contributed by atoms with Crippen molar-refractivity contribution in [3.8, 4) is 0 Å². The Bertz CT molecular complexity index is 239. The van der Waals surface area contributed by atoms with E-state index in [9.17, 15) is 4.79 Å². The van der Waals surface area contributed by atoms with Crippen molar-refractivity contribution in [2.24, 2.45) is 0 Å². The molecule has 0 spiro atoms. The van der Waals surface area contributed by atoms with Crippen molar-refractivity contribution in [2.75, 3.05) is 26.7 Å². The Labute approximate surface area is 97.3 Å². The summed E-state index contributed by atoms with van der Waals surface area (Å²) < 4.78 is 5.66. The summed E-state index contributed by atoms with van der Waals surface area (Å²) in [7, 11) is 1.87. The van der Waals surface area contributed by atoms with E-state index in [0.717, 1.165) is 32.5 Å². The molecular weight excluding hydrogens is 204 g/mol. The van der Waals surface area contributed by atoms with Gasteiger partial charge < -0.3 is 15.0 Å². The van der Waals surface area contributed by atoms with Crippen LogP contribution in [0.5, 0.6) is 0 Å². The molecule has 4 nitrogen and oxygen atoms in total. The van der Waals surface area contributed by atoms with Gasteiger partial charge in [0.15, 0.2) is 0 Å². The molecule has 2 aliphatic heterocycles. The molecule has 0 aromatic carbocycles. The predicted octanol–water partition coefficient (Wildman–Crippen LogP) is 0.766. The van der Waals surface area contributed by atoms with Crippen molar-refractivity contribution in [3.63, 3.8) is 0 Å². The van der Waals surface area contributed by atoms with Crippen LogP contribution in [-0.4, -0.2) is 49.7 Å². The fourth-order valence-corrected chi connectivity index (χ4v) is 2.47. The molecule has 0 bridgehead atoms. The van der Waals surface area contributed by atoms with E-state index in [2.05, 4.69) is 5.32 Å². The van der Waals surface area contributed by atoms with Gasteiger partial charge in [0.25, 0.3) is 0 Å². The van der Waals surface area contributed by atoms with Gasteiger partial charge in [0.1, 0.15) is 0 Å². The van der Waals surface area contributed by atoms with E-state index in [4.69, 9.17) is 4.74 Å². The highest BCUT2D eigenvalue weighted by atomic mass is 16.5. The monoisotopic (exact) mass is 226 g/mol. The molecule has 0 radical (unpaired) electrons. The molecule has 2 unspecified atom stereocenters. The summed E-state index contributed by atoms with van der Waals surface area (Å²) in [4.78, 5) is 13.4. The van der Waals surface area contributed by atoms with E-state index >= 15 is 0 Å². The fraction of sp³-hybridized carbons (Fsp3) is 0.917. The van der Waals surface area contributed by atoms with E-state index in [1.54, 1.807) is 4.90 Å². The van der Waals surface area contributed by atoms with Crippen LogP contribution in [0.3, 0.4) is 0 Å². The summed E-state index contributed by atoms with van der Waals surface area (Å²) in [5, 5.41) is 3.34. The van der Waals surface area contributed by atoms with Crippen molar-refractivity contribution in [3.05, 3.63) is 0 Å². The highest BCUT2D eigenvalue weighted by Crippen LogP contribution is 2.15. The van der Waals surface area contributed by atoms with Gasteiger partial charge in [-0.2, -0.15) is 0 Å². The average Bonchev–Trinajstić information content (AvgIpc) is 2.62. The Kier molecular flexibility index (Phi) is 4.18. The molecule has 92 valence electrons. The van der Waals surface area contributed by atoms with Crippen LogP contribution in [0.15, 0.2) is 0 Å². The van der Waals surface area contributed by atoms with Crippen LogP contribution < -0.4 is 5.32 Å². The molecule has 0 aromatic heterocycles. The molecule has 0 aliphatic carbocycles. The number of ether oxygens (including phenoxy) is 1. The second-order valence-corrected chi connectivity index (χ2v) is 4.83.